The zero-order valence-electron chi connectivity index (χ0n) is 20.1. The van der Waals surface area contributed by atoms with E-state index in [2.05, 4.69) is 20.8 Å². The monoisotopic (exact) mass is 497 g/mol. The topological polar surface area (TPSA) is 88.9 Å². The third-order valence-corrected chi connectivity index (χ3v) is 6.44. The van der Waals surface area contributed by atoms with Gasteiger partial charge in [0.25, 0.3) is 0 Å². The highest BCUT2D eigenvalue weighted by molar-refractivity contribution is 7.99. The number of nitrogens with one attached hydrogen (secondary N) is 2. The Hall–Kier alpha value is -4.17. The van der Waals surface area contributed by atoms with Crippen LogP contribution < -0.4 is 10.6 Å². The van der Waals surface area contributed by atoms with E-state index in [1.165, 1.54) is 23.4 Å². The maximum Gasteiger partial charge on any atom is 0.248 e. The number of carbonyl (C=O) groups is 2. The van der Waals surface area contributed by atoms with Crippen molar-refractivity contribution in [2.75, 3.05) is 11.1 Å². The Labute approximate surface area is 214 Å². The van der Waals surface area contributed by atoms with E-state index in [1.54, 1.807) is 6.08 Å². The molecule has 4 rings (SSSR count). The largest absolute Gasteiger partial charge is 0.351 e. The molecule has 182 valence electrons. The van der Waals surface area contributed by atoms with Crippen molar-refractivity contribution in [1.29, 1.82) is 0 Å². The molecule has 0 aliphatic carbocycles. The highest BCUT2D eigenvalue weighted by Crippen LogP contribution is 2.24. The van der Waals surface area contributed by atoms with Crippen LogP contribution in [0.15, 0.2) is 90.1 Å². The first-order valence-electron chi connectivity index (χ1n) is 11.5. The highest BCUT2D eigenvalue weighted by atomic mass is 32.2. The lowest BCUT2D eigenvalue weighted by Gasteiger charge is -2.07. The van der Waals surface area contributed by atoms with Gasteiger partial charge in [0, 0.05) is 30.9 Å². The van der Waals surface area contributed by atoms with Gasteiger partial charge in [0.1, 0.15) is 0 Å². The van der Waals surface area contributed by atoms with Gasteiger partial charge in [-0.25, -0.2) is 0 Å². The van der Waals surface area contributed by atoms with Crippen molar-refractivity contribution >= 4 is 35.3 Å². The number of carbonyl (C=O) groups excluding carboxylic acids is 2. The molecular formula is C28H27N5O2S. The van der Waals surface area contributed by atoms with Crippen LogP contribution in [-0.4, -0.2) is 32.3 Å². The molecule has 36 heavy (non-hydrogen) atoms. The molecule has 2 N–H and O–H groups in total. The Morgan fingerprint density at radius 1 is 0.944 bits per heavy atom. The summed E-state index contributed by atoms with van der Waals surface area (Å²) in [6.45, 7) is 2.53. The van der Waals surface area contributed by atoms with E-state index in [0.717, 1.165) is 16.7 Å². The lowest BCUT2D eigenvalue weighted by Crippen LogP contribution is -2.24. The molecule has 0 atom stereocenters. The van der Waals surface area contributed by atoms with Crippen molar-refractivity contribution in [1.82, 2.24) is 20.1 Å². The minimum absolute atomic E-state index is 0.0634. The van der Waals surface area contributed by atoms with Crippen LogP contribution in [0, 0.1) is 6.92 Å². The Kier molecular flexibility index (Phi) is 8.31. The molecule has 0 saturated carbocycles. The molecule has 2 amide bonds. The van der Waals surface area contributed by atoms with Gasteiger partial charge in [-0.15, -0.1) is 10.2 Å². The standard InChI is InChI=1S/C28H27N5O2S/c1-20-8-10-22(11-9-20)18-29-26(35)19-36-28-32-31-27(33(28)2)23-13-15-24(16-14-23)30-25(34)17-12-21-6-4-3-5-7-21/h3-17H,18-19H2,1-2H3,(H,29,35)(H,30,34). The van der Waals surface area contributed by atoms with Gasteiger partial charge >= 0.3 is 0 Å². The van der Waals surface area contributed by atoms with Crippen molar-refractivity contribution in [2.24, 2.45) is 7.05 Å². The lowest BCUT2D eigenvalue weighted by molar-refractivity contribution is -0.118. The van der Waals surface area contributed by atoms with Gasteiger partial charge in [0.15, 0.2) is 11.0 Å². The molecule has 3 aromatic carbocycles. The maximum absolute atomic E-state index is 12.3. The molecule has 8 heteroatoms. The summed E-state index contributed by atoms with van der Waals surface area (Å²) in [5, 5.41) is 14.9. The van der Waals surface area contributed by atoms with Crippen LogP contribution in [0.5, 0.6) is 0 Å². The molecule has 0 bridgehead atoms. The number of aryl methyl sites for hydroxylation is 1. The molecule has 0 unspecified atom stereocenters. The van der Waals surface area contributed by atoms with Gasteiger partial charge in [-0.2, -0.15) is 0 Å². The van der Waals surface area contributed by atoms with E-state index in [4.69, 9.17) is 0 Å². The Balaban J connectivity index is 1.29. The molecule has 1 aromatic heterocycles. The van der Waals surface area contributed by atoms with Gasteiger partial charge in [0.05, 0.1) is 5.75 Å². The summed E-state index contributed by atoms with van der Waals surface area (Å²) in [7, 11) is 1.87. The van der Waals surface area contributed by atoms with E-state index in [-0.39, 0.29) is 17.6 Å². The zero-order chi connectivity index (χ0) is 25.3. The first-order chi connectivity index (χ1) is 17.5. The lowest BCUT2D eigenvalue weighted by atomic mass is 10.1. The summed E-state index contributed by atoms with van der Waals surface area (Å²) >= 11 is 1.34. The second-order valence-corrected chi connectivity index (χ2v) is 9.17. The first-order valence-corrected chi connectivity index (χ1v) is 12.5. The summed E-state index contributed by atoms with van der Waals surface area (Å²) in [4.78, 5) is 24.5. The molecule has 0 spiro atoms. The Morgan fingerprint density at radius 2 is 1.67 bits per heavy atom. The fourth-order valence-corrected chi connectivity index (χ4v) is 4.14. The third kappa shape index (κ3) is 6.93. The minimum Gasteiger partial charge on any atom is -0.351 e. The zero-order valence-corrected chi connectivity index (χ0v) is 21.0. The van der Waals surface area contributed by atoms with Crippen LogP contribution in [0.3, 0.4) is 0 Å². The van der Waals surface area contributed by atoms with E-state index in [9.17, 15) is 9.59 Å². The van der Waals surface area contributed by atoms with Crippen LogP contribution in [-0.2, 0) is 23.2 Å². The summed E-state index contributed by atoms with van der Waals surface area (Å²) in [6, 6.07) is 25.1. The molecule has 0 radical (unpaired) electrons. The maximum atomic E-state index is 12.3. The second-order valence-electron chi connectivity index (χ2n) is 8.23. The second kappa shape index (κ2) is 12.0. The van der Waals surface area contributed by atoms with Gasteiger partial charge in [-0.3, -0.25) is 9.59 Å². The summed E-state index contributed by atoms with van der Waals surface area (Å²) in [5.74, 6) is 0.662. The predicted molar refractivity (Wildman–Crippen MR) is 144 cm³/mol. The molecule has 7 nitrogen and oxygen atoms in total. The number of thioether (sulfide) groups is 1. The number of aromatic nitrogens is 3. The smallest absolute Gasteiger partial charge is 0.248 e. The van der Waals surface area contributed by atoms with Crippen LogP contribution in [0.2, 0.25) is 0 Å². The quantitative estimate of drug-likeness (QED) is 0.255. The number of rotatable bonds is 9. The van der Waals surface area contributed by atoms with Crippen molar-refractivity contribution in [2.45, 2.75) is 18.6 Å². The SMILES string of the molecule is Cc1ccc(CNC(=O)CSc2nnc(-c3ccc(NC(=O)C=Cc4ccccc4)cc3)n2C)cc1. The van der Waals surface area contributed by atoms with E-state index in [0.29, 0.717) is 23.2 Å². The van der Waals surface area contributed by atoms with Gasteiger partial charge < -0.3 is 15.2 Å². The minimum atomic E-state index is -0.204. The number of anilines is 1. The average Bonchev–Trinajstić information content (AvgIpc) is 3.27. The van der Waals surface area contributed by atoms with Gasteiger partial charge in [-0.1, -0.05) is 71.9 Å². The summed E-state index contributed by atoms with van der Waals surface area (Å²) in [6.07, 6.45) is 3.28. The molecular weight excluding hydrogens is 470 g/mol. The van der Waals surface area contributed by atoms with E-state index >= 15 is 0 Å². The molecule has 1 heterocycles. The van der Waals surface area contributed by atoms with E-state index < -0.39 is 0 Å². The van der Waals surface area contributed by atoms with Crippen molar-refractivity contribution in [3.63, 3.8) is 0 Å². The number of nitrogens with zero attached hydrogens (tertiary/aromatic N) is 3. The van der Waals surface area contributed by atoms with Crippen LogP contribution in [0.1, 0.15) is 16.7 Å². The number of hydrogen-bond donors (Lipinski definition) is 2. The van der Waals surface area contributed by atoms with Crippen LogP contribution >= 0.6 is 11.8 Å². The van der Waals surface area contributed by atoms with Crippen molar-refractivity contribution in [3.05, 3.63) is 102 Å². The van der Waals surface area contributed by atoms with Gasteiger partial charge in [-0.05, 0) is 48.4 Å². The van der Waals surface area contributed by atoms with Crippen molar-refractivity contribution < 1.29 is 9.59 Å². The fourth-order valence-electron chi connectivity index (χ4n) is 3.40. The Morgan fingerprint density at radius 3 is 2.39 bits per heavy atom. The van der Waals surface area contributed by atoms with Crippen LogP contribution in [0.25, 0.3) is 17.5 Å². The van der Waals surface area contributed by atoms with Gasteiger partial charge in [0.2, 0.25) is 11.8 Å². The summed E-state index contributed by atoms with van der Waals surface area (Å²) < 4.78 is 1.86. The van der Waals surface area contributed by atoms with Crippen LogP contribution in [0.4, 0.5) is 5.69 Å². The fraction of sp³-hybridized carbons (Fsp3) is 0.143. The molecule has 0 fully saturated rings. The molecule has 0 aliphatic heterocycles. The number of amides is 2. The first kappa shape index (κ1) is 24.9. The highest BCUT2D eigenvalue weighted by Gasteiger charge is 2.13. The Bertz CT molecular complexity index is 1350. The molecule has 0 saturated heterocycles. The van der Waals surface area contributed by atoms with E-state index in [1.807, 2.05) is 97.4 Å². The number of benzene rings is 3. The normalized spacial score (nSPS) is 10.9. The summed E-state index contributed by atoms with van der Waals surface area (Å²) in [5.41, 5.74) is 4.76. The molecule has 4 aromatic rings. The number of hydrogen-bond acceptors (Lipinski definition) is 5. The third-order valence-electron chi connectivity index (χ3n) is 5.41. The predicted octanol–water partition coefficient (Wildman–Crippen LogP) is 4.85. The van der Waals surface area contributed by atoms with Crippen molar-refractivity contribution in [3.8, 4) is 11.4 Å². The molecule has 0 aliphatic rings. The average molecular weight is 498 g/mol.